The average molecular weight is 326 g/mol. The van der Waals surface area contributed by atoms with Crippen LogP contribution in [0.5, 0.6) is 0 Å². The second kappa shape index (κ2) is 7.29. The van der Waals surface area contributed by atoms with E-state index in [-0.39, 0.29) is 11.9 Å². The third-order valence-electron chi connectivity index (χ3n) is 3.99. The van der Waals surface area contributed by atoms with Crippen molar-refractivity contribution in [2.75, 3.05) is 6.54 Å². The Hall–Kier alpha value is -2.63. The van der Waals surface area contributed by atoms with E-state index in [2.05, 4.69) is 15.4 Å². The topological polar surface area (TPSA) is 73.0 Å². The van der Waals surface area contributed by atoms with Crippen LogP contribution in [0.2, 0.25) is 0 Å². The molecule has 1 N–H and O–H groups in total. The summed E-state index contributed by atoms with van der Waals surface area (Å²) >= 11 is 0. The maximum Gasteiger partial charge on any atom is 0.244 e. The van der Waals surface area contributed by atoms with Crippen LogP contribution in [-0.4, -0.2) is 27.2 Å². The minimum absolute atomic E-state index is 0.00519. The van der Waals surface area contributed by atoms with E-state index in [0.29, 0.717) is 25.3 Å². The molecule has 1 aromatic carbocycles. The lowest BCUT2D eigenvalue weighted by Crippen LogP contribution is -2.33. The summed E-state index contributed by atoms with van der Waals surface area (Å²) in [5, 5.41) is 7.11. The van der Waals surface area contributed by atoms with Gasteiger partial charge in [-0.15, -0.1) is 0 Å². The highest BCUT2D eigenvalue weighted by Gasteiger charge is 2.17. The largest absolute Gasteiger partial charge is 0.441 e. The van der Waals surface area contributed by atoms with Gasteiger partial charge in [-0.3, -0.25) is 9.48 Å². The molecule has 1 amide bonds. The molecule has 6 heteroatoms. The van der Waals surface area contributed by atoms with Gasteiger partial charge in [0, 0.05) is 25.4 Å². The number of fused-ring (bicyclic) bond motifs is 1. The van der Waals surface area contributed by atoms with Crippen LogP contribution in [0.3, 0.4) is 0 Å². The van der Waals surface area contributed by atoms with Gasteiger partial charge in [-0.05, 0) is 43.5 Å². The predicted octanol–water partition coefficient (Wildman–Crippen LogP) is 3.03. The van der Waals surface area contributed by atoms with Crippen molar-refractivity contribution in [2.24, 2.45) is 0 Å². The molecule has 24 heavy (non-hydrogen) atoms. The monoisotopic (exact) mass is 326 g/mol. The predicted molar refractivity (Wildman–Crippen MR) is 91.6 cm³/mol. The van der Waals surface area contributed by atoms with Crippen molar-refractivity contribution >= 4 is 17.0 Å². The first kappa shape index (κ1) is 16.2. The standard InChI is InChI=1S/C18H22N4O2/c1-3-15(22-11-5-10-20-22)18(23)19-9-4-6-17-21-14-8-7-13(2)12-16(14)24-17/h5,7-8,10-12,15H,3-4,6,9H2,1-2H3,(H,19,23)/t15-/m0/s1. The van der Waals surface area contributed by atoms with Crippen LogP contribution in [0.25, 0.3) is 11.1 Å². The van der Waals surface area contributed by atoms with Gasteiger partial charge >= 0.3 is 0 Å². The lowest BCUT2D eigenvalue weighted by molar-refractivity contribution is -0.124. The molecule has 0 aliphatic rings. The lowest BCUT2D eigenvalue weighted by atomic mass is 10.2. The van der Waals surface area contributed by atoms with Gasteiger partial charge in [-0.2, -0.15) is 5.10 Å². The molecule has 0 spiro atoms. The van der Waals surface area contributed by atoms with E-state index in [9.17, 15) is 4.79 Å². The Kier molecular flexibility index (Phi) is 4.93. The molecule has 2 aromatic heterocycles. The van der Waals surface area contributed by atoms with Gasteiger partial charge in [0.25, 0.3) is 0 Å². The van der Waals surface area contributed by atoms with Crippen LogP contribution in [0.15, 0.2) is 41.1 Å². The van der Waals surface area contributed by atoms with Gasteiger partial charge in [-0.1, -0.05) is 13.0 Å². The Morgan fingerprint density at radius 2 is 2.29 bits per heavy atom. The molecule has 0 fully saturated rings. The van der Waals surface area contributed by atoms with Crippen LogP contribution in [0, 0.1) is 6.92 Å². The molecule has 0 unspecified atom stereocenters. The molecule has 0 radical (unpaired) electrons. The van der Waals surface area contributed by atoms with Crippen LogP contribution >= 0.6 is 0 Å². The molecule has 6 nitrogen and oxygen atoms in total. The van der Waals surface area contributed by atoms with Gasteiger partial charge in [0.15, 0.2) is 11.5 Å². The van der Waals surface area contributed by atoms with Crippen LogP contribution < -0.4 is 5.32 Å². The summed E-state index contributed by atoms with van der Waals surface area (Å²) < 4.78 is 7.44. The number of carbonyl (C=O) groups is 1. The van der Waals surface area contributed by atoms with Crippen molar-refractivity contribution < 1.29 is 9.21 Å². The molecule has 2 heterocycles. The Morgan fingerprint density at radius 3 is 3.04 bits per heavy atom. The van der Waals surface area contributed by atoms with Crippen molar-refractivity contribution in [3.05, 3.63) is 48.1 Å². The highest BCUT2D eigenvalue weighted by atomic mass is 16.3. The number of benzene rings is 1. The van der Waals surface area contributed by atoms with Crippen molar-refractivity contribution in [2.45, 2.75) is 39.2 Å². The molecular weight excluding hydrogens is 304 g/mol. The Bertz CT molecular complexity index is 808. The number of carbonyl (C=O) groups excluding carboxylic acids is 1. The fraction of sp³-hybridized carbons (Fsp3) is 0.389. The van der Waals surface area contributed by atoms with E-state index in [1.807, 2.05) is 44.3 Å². The zero-order chi connectivity index (χ0) is 16.9. The van der Waals surface area contributed by atoms with Crippen molar-refractivity contribution in [1.82, 2.24) is 20.1 Å². The van der Waals surface area contributed by atoms with Crippen molar-refractivity contribution in [3.63, 3.8) is 0 Å². The first-order valence-corrected chi connectivity index (χ1v) is 8.30. The van der Waals surface area contributed by atoms with Gasteiger partial charge in [0.1, 0.15) is 11.6 Å². The molecule has 0 aliphatic carbocycles. The number of hydrogen-bond acceptors (Lipinski definition) is 4. The minimum Gasteiger partial charge on any atom is -0.441 e. The molecule has 0 aliphatic heterocycles. The lowest BCUT2D eigenvalue weighted by Gasteiger charge is -2.15. The second-order valence-electron chi connectivity index (χ2n) is 5.88. The van der Waals surface area contributed by atoms with Crippen LogP contribution in [0.1, 0.15) is 37.3 Å². The summed E-state index contributed by atoms with van der Waals surface area (Å²) in [4.78, 5) is 16.7. The molecular formula is C18H22N4O2. The Balaban J connectivity index is 1.50. The fourth-order valence-corrected chi connectivity index (χ4v) is 2.71. The van der Waals surface area contributed by atoms with Gasteiger partial charge < -0.3 is 9.73 Å². The van der Waals surface area contributed by atoms with Crippen molar-refractivity contribution in [1.29, 1.82) is 0 Å². The fourth-order valence-electron chi connectivity index (χ4n) is 2.71. The van der Waals surface area contributed by atoms with E-state index in [0.717, 1.165) is 23.1 Å². The number of hydrogen-bond donors (Lipinski definition) is 1. The number of oxazole rings is 1. The summed E-state index contributed by atoms with van der Waals surface area (Å²) in [6.07, 6.45) is 5.69. The zero-order valence-corrected chi connectivity index (χ0v) is 14.0. The third-order valence-corrected chi connectivity index (χ3v) is 3.99. The maximum absolute atomic E-state index is 12.3. The maximum atomic E-state index is 12.3. The molecule has 1 atom stereocenters. The van der Waals surface area contributed by atoms with E-state index in [4.69, 9.17) is 4.42 Å². The molecule has 0 saturated carbocycles. The first-order valence-electron chi connectivity index (χ1n) is 8.30. The van der Waals surface area contributed by atoms with E-state index in [1.165, 1.54) is 0 Å². The van der Waals surface area contributed by atoms with Gasteiger partial charge in [-0.25, -0.2) is 4.98 Å². The van der Waals surface area contributed by atoms with Crippen LogP contribution in [0.4, 0.5) is 0 Å². The number of nitrogens with one attached hydrogen (secondary N) is 1. The van der Waals surface area contributed by atoms with Crippen molar-refractivity contribution in [3.8, 4) is 0 Å². The summed E-state index contributed by atoms with van der Waals surface area (Å²) in [5.41, 5.74) is 2.85. The molecule has 126 valence electrons. The highest BCUT2D eigenvalue weighted by molar-refractivity contribution is 5.80. The summed E-state index contributed by atoms with van der Waals surface area (Å²) in [5.74, 6) is 0.707. The highest BCUT2D eigenvalue weighted by Crippen LogP contribution is 2.17. The normalized spacial score (nSPS) is 12.4. The SMILES string of the molecule is CC[C@@H](C(=O)NCCCc1nc2ccc(C)cc2o1)n1cccn1. The Labute approximate surface area is 140 Å². The molecule has 3 aromatic rings. The molecule has 3 rings (SSSR count). The number of aromatic nitrogens is 3. The van der Waals surface area contributed by atoms with E-state index >= 15 is 0 Å². The Morgan fingerprint density at radius 1 is 1.42 bits per heavy atom. The molecule has 0 bridgehead atoms. The van der Waals surface area contributed by atoms with E-state index < -0.39 is 0 Å². The van der Waals surface area contributed by atoms with Gasteiger partial charge in [0.05, 0.1) is 0 Å². The zero-order valence-electron chi connectivity index (χ0n) is 14.0. The number of amides is 1. The van der Waals surface area contributed by atoms with E-state index in [1.54, 1.807) is 10.9 Å². The minimum atomic E-state index is -0.257. The third kappa shape index (κ3) is 3.64. The quantitative estimate of drug-likeness (QED) is 0.677. The first-order chi connectivity index (χ1) is 11.7. The smallest absolute Gasteiger partial charge is 0.244 e. The number of nitrogens with zero attached hydrogens (tertiary/aromatic N) is 3. The van der Waals surface area contributed by atoms with Crippen LogP contribution in [-0.2, 0) is 11.2 Å². The summed E-state index contributed by atoms with van der Waals surface area (Å²) in [7, 11) is 0. The molecule has 0 saturated heterocycles. The summed E-state index contributed by atoms with van der Waals surface area (Å²) in [6, 6.07) is 7.55. The number of rotatable bonds is 7. The second-order valence-corrected chi connectivity index (χ2v) is 5.88. The summed E-state index contributed by atoms with van der Waals surface area (Å²) in [6.45, 7) is 4.60. The van der Waals surface area contributed by atoms with Gasteiger partial charge in [0.2, 0.25) is 5.91 Å². The number of aryl methyl sites for hydroxylation is 2. The average Bonchev–Trinajstić information content (AvgIpc) is 3.21.